The van der Waals surface area contributed by atoms with Crippen LogP contribution in [0, 0.1) is 29.1 Å². The minimum absolute atomic E-state index is 0.0735. The van der Waals surface area contributed by atoms with Crippen molar-refractivity contribution in [2.24, 2.45) is 5.73 Å². The molecule has 40 heavy (non-hydrogen) atoms. The van der Waals surface area contributed by atoms with E-state index in [0.29, 0.717) is 6.61 Å². The van der Waals surface area contributed by atoms with Gasteiger partial charge in [0.1, 0.15) is 12.3 Å². The van der Waals surface area contributed by atoms with E-state index in [1.807, 2.05) is 0 Å². The third kappa shape index (κ3) is 4.51. The van der Waals surface area contributed by atoms with Crippen LogP contribution in [0.4, 0.5) is 22.0 Å². The molecule has 0 saturated carbocycles. The first-order valence-electron chi connectivity index (χ1n) is 11.9. The summed E-state index contributed by atoms with van der Waals surface area (Å²) in [5.74, 6) is -15.6. The van der Waals surface area contributed by atoms with Gasteiger partial charge in [0.25, 0.3) is 11.8 Å². The quantitative estimate of drug-likeness (QED) is 0.117. The Hall–Kier alpha value is -3.21. The Balaban J connectivity index is 1.71. The number of amides is 3. The standard InChI is InChI=1S/C24H24F5N3O6SSi/c1-40(2,3)9-8-38-11-31-21(33)13-5-4-12(10-14(13)22(31)34)24(23(30)35)6-7-32(24)39(36,37)20-18(28)16(26)15(25)17(27)19(20)29/h4-5,10H,6-9,11H2,1-3H3,(H2,30,35). The summed E-state index contributed by atoms with van der Waals surface area (Å²) in [4.78, 5) is 37.1. The molecule has 3 amide bonds. The monoisotopic (exact) mass is 605 g/mol. The Morgan fingerprint density at radius 3 is 2.02 bits per heavy atom. The first kappa shape index (κ1) is 29.8. The third-order valence-electron chi connectivity index (χ3n) is 6.89. The molecule has 2 aliphatic rings. The smallest absolute Gasteiger partial charge is 0.263 e. The van der Waals surface area contributed by atoms with Crippen molar-refractivity contribution < 1.29 is 49.5 Å². The van der Waals surface area contributed by atoms with Crippen molar-refractivity contribution in [2.45, 2.75) is 42.5 Å². The fraction of sp³-hybridized carbons (Fsp3) is 0.375. The van der Waals surface area contributed by atoms with Crippen molar-refractivity contribution in [1.29, 1.82) is 0 Å². The van der Waals surface area contributed by atoms with Crippen LogP contribution in [-0.2, 0) is 25.1 Å². The van der Waals surface area contributed by atoms with Crippen molar-refractivity contribution in [2.75, 3.05) is 19.9 Å². The van der Waals surface area contributed by atoms with Gasteiger partial charge in [-0.15, -0.1) is 0 Å². The van der Waals surface area contributed by atoms with Gasteiger partial charge in [0, 0.05) is 21.2 Å². The van der Waals surface area contributed by atoms with Crippen LogP contribution in [0.25, 0.3) is 0 Å². The molecule has 0 aromatic heterocycles. The number of hydrogen-bond donors (Lipinski definition) is 1. The van der Waals surface area contributed by atoms with Gasteiger partial charge in [-0.2, -0.15) is 4.31 Å². The van der Waals surface area contributed by atoms with Gasteiger partial charge in [0.2, 0.25) is 21.7 Å². The number of benzene rings is 2. The van der Waals surface area contributed by atoms with Crippen LogP contribution >= 0.6 is 0 Å². The number of halogens is 5. The Labute approximate surface area is 226 Å². The summed E-state index contributed by atoms with van der Waals surface area (Å²) in [7, 11) is -7.00. The number of carbonyl (C=O) groups is 3. The van der Waals surface area contributed by atoms with Crippen LogP contribution in [0.5, 0.6) is 0 Å². The van der Waals surface area contributed by atoms with E-state index in [4.69, 9.17) is 10.5 Å². The molecule has 0 radical (unpaired) electrons. The number of sulfonamides is 1. The fourth-order valence-corrected chi connectivity index (χ4v) is 7.19. The molecule has 4 rings (SSSR count). The minimum atomic E-state index is -5.55. The van der Waals surface area contributed by atoms with Crippen molar-refractivity contribution in [3.63, 3.8) is 0 Å². The van der Waals surface area contributed by atoms with Crippen molar-refractivity contribution >= 4 is 35.8 Å². The largest absolute Gasteiger partial charge is 0.368 e. The van der Waals surface area contributed by atoms with Gasteiger partial charge < -0.3 is 10.5 Å². The molecular weight excluding hydrogens is 581 g/mol. The minimum Gasteiger partial charge on any atom is -0.368 e. The summed E-state index contributed by atoms with van der Waals surface area (Å²) < 4.78 is 102. The highest BCUT2D eigenvalue weighted by Gasteiger charge is 2.59. The number of imide groups is 1. The molecule has 1 unspecified atom stereocenters. The van der Waals surface area contributed by atoms with Crippen LogP contribution in [-0.4, -0.2) is 63.3 Å². The molecule has 9 nitrogen and oxygen atoms in total. The van der Waals surface area contributed by atoms with E-state index in [1.54, 1.807) is 0 Å². The second-order valence-corrected chi connectivity index (χ2v) is 18.0. The molecule has 0 aliphatic carbocycles. The SMILES string of the molecule is C[Si](C)(C)CCOCN1C(=O)c2ccc(C3(C(N)=O)CCN3S(=O)(=O)c3c(F)c(F)c(F)c(F)c3F)cc2C1=O. The van der Waals surface area contributed by atoms with E-state index in [0.717, 1.165) is 29.1 Å². The number of nitrogens with two attached hydrogens (primary N) is 1. The van der Waals surface area contributed by atoms with E-state index < -0.39 is 81.9 Å². The van der Waals surface area contributed by atoms with E-state index in [-0.39, 0.29) is 34.1 Å². The van der Waals surface area contributed by atoms with E-state index >= 15 is 0 Å². The highest BCUT2D eigenvalue weighted by molar-refractivity contribution is 7.89. The van der Waals surface area contributed by atoms with E-state index in [1.165, 1.54) is 0 Å². The van der Waals surface area contributed by atoms with Crippen molar-refractivity contribution in [1.82, 2.24) is 9.21 Å². The zero-order chi connectivity index (χ0) is 29.9. The maximum Gasteiger partial charge on any atom is 0.263 e. The van der Waals surface area contributed by atoms with Gasteiger partial charge in [0.05, 0.1) is 11.1 Å². The van der Waals surface area contributed by atoms with Crippen molar-refractivity contribution in [3.05, 3.63) is 64.0 Å². The Morgan fingerprint density at radius 2 is 1.52 bits per heavy atom. The van der Waals surface area contributed by atoms with Crippen LogP contribution in [0.1, 0.15) is 32.7 Å². The predicted octanol–water partition coefficient (Wildman–Crippen LogP) is 3.07. The van der Waals surface area contributed by atoms with Gasteiger partial charge in [0.15, 0.2) is 28.2 Å². The number of hydrogen-bond acceptors (Lipinski definition) is 6. The van der Waals surface area contributed by atoms with Crippen LogP contribution in [0.3, 0.4) is 0 Å². The zero-order valence-electron chi connectivity index (χ0n) is 21.5. The van der Waals surface area contributed by atoms with E-state index in [2.05, 4.69) is 19.6 Å². The van der Waals surface area contributed by atoms with E-state index in [9.17, 15) is 44.8 Å². The number of rotatable bonds is 9. The third-order valence-corrected chi connectivity index (χ3v) is 10.5. The number of nitrogens with zero attached hydrogens (tertiary/aromatic N) is 2. The average Bonchev–Trinajstić information content (AvgIpc) is 3.06. The molecule has 0 spiro atoms. The predicted molar refractivity (Wildman–Crippen MR) is 132 cm³/mol. The molecule has 2 aromatic rings. The zero-order valence-corrected chi connectivity index (χ0v) is 23.3. The maximum absolute atomic E-state index is 14.4. The van der Waals surface area contributed by atoms with Gasteiger partial charge in [-0.1, -0.05) is 25.7 Å². The molecule has 1 saturated heterocycles. The lowest BCUT2D eigenvalue weighted by Gasteiger charge is -2.49. The first-order chi connectivity index (χ1) is 18.5. The Bertz CT molecular complexity index is 1540. The summed E-state index contributed by atoms with van der Waals surface area (Å²) in [6, 6.07) is 4.10. The lowest BCUT2D eigenvalue weighted by Crippen LogP contribution is -2.65. The van der Waals surface area contributed by atoms with Crippen LogP contribution < -0.4 is 5.73 Å². The van der Waals surface area contributed by atoms with Crippen LogP contribution in [0.15, 0.2) is 23.1 Å². The molecule has 1 fully saturated rings. The van der Waals surface area contributed by atoms with Gasteiger partial charge in [-0.05, 0) is 30.2 Å². The summed E-state index contributed by atoms with van der Waals surface area (Å²) in [6.07, 6.45) is -0.346. The number of primary amides is 1. The van der Waals surface area contributed by atoms with Gasteiger partial charge >= 0.3 is 0 Å². The summed E-state index contributed by atoms with van der Waals surface area (Å²) in [5.41, 5.74) is 2.65. The second kappa shape index (κ2) is 10.0. The second-order valence-electron chi connectivity index (χ2n) is 10.6. The number of fused-ring (bicyclic) bond motifs is 1. The maximum atomic E-state index is 14.4. The Morgan fingerprint density at radius 1 is 0.975 bits per heavy atom. The molecule has 1 atom stereocenters. The first-order valence-corrected chi connectivity index (χ1v) is 17.0. The fourth-order valence-electron chi connectivity index (χ4n) is 4.55. The molecule has 2 aromatic carbocycles. The summed E-state index contributed by atoms with van der Waals surface area (Å²) in [6.45, 7) is 5.72. The van der Waals surface area contributed by atoms with Gasteiger partial charge in [-0.25, -0.2) is 35.3 Å². The topological polar surface area (TPSA) is 127 Å². The number of ether oxygens (including phenoxy) is 1. The number of carbonyl (C=O) groups excluding carboxylic acids is 3. The lowest BCUT2D eigenvalue weighted by atomic mass is 9.79. The Kier molecular flexibility index (Phi) is 7.45. The summed E-state index contributed by atoms with van der Waals surface area (Å²) >= 11 is 0. The van der Waals surface area contributed by atoms with Crippen LogP contribution in [0.2, 0.25) is 25.7 Å². The molecular formula is C24H24F5N3O6SSi. The molecule has 2 N–H and O–H groups in total. The average molecular weight is 606 g/mol. The molecule has 0 bridgehead atoms. The summed E-state index contributed by atoms with van der Waals surface area (Å²) in [5, 5.41) is 0. The highest BCUT2D eigenvalue weighted by Crippen LogP contribution is 2.46. The highest BCUT2D eigenvalue weighted by atomic mass is 32.2. The normalized spacial score (nSPS) is 19.6. The van der Waals surface area contributed by atoms with Crippen molar-refractivity contribution in [3.8, 4) is 0 Å². The lowest BCUT2D eigenvalue weighted by molar-refractivity contribution is -0.133. The molecule has 2 aliphatic heterocycles. The van der Waals surface area contributed by atoms with Gasteiger partial charge in [-0.3, -0.25) is 14.4 Å². The molecule has 2 heterocycles. The molecule has 16 heteroatoms. The molecule has 216 valence electrons.